The minimum absolute atomic E-state index is 0.122. The third-order valence-electron chi connectivity index (χ3n) is 3.16. The third kappa shape index (κ3) is 4.34. The van der Waals surface area contributed by atoms with E-state index >= 15 is 0 Å². The van der Waals surface area contributed by atoms with Crippen molar-refractivity contribution in [2.75, 3.05) is 20.3 Å². The number of esters is 1. The van der Waals surface area contributed by atoms with Gasteiger partial charge in [-0.05, 0) is 24.6 Å². The van der Waals surface area contributed by atoms with E-state index in [4.69, 9.17) is 21.7 Å². The van der Waals surface area contributed by atoms with Crippen LogP contribution in [0.5, 0.6) is 5.75 Å². The number of ether oxygens (including phenoxy) is 2. The molecule has 1 heterocycles. The summed E-state index contributed by atoms with van der Waals surface area (Å²) in [6.45, 7) is 1.61. The normalized spacial score (nSPS) is 15.6. The van der Waals surface area contributed by atoms with Crippen molar-refractivity contribution >= 4 is 51.9 Å². The Balaban J connectivity index is 2.26. The van der Waals surface area contributed by atoms with Crippen LogP contribution in [0, 0.1) is 10.1 Å². The number of nitrogens with zero attached hydrogens (tertiary/aromatic N) is 2. The summed E-state index contributed by atoms with van der Waals surface area (Å²) in [6.07, 6.45) is 1.48. The number of hydrogen-bond donors (Lipinski definition) is 0. The number of nitro groups is 1. The number of thioether (sulfide) groups is 1. The molecule has 1 saturated heterocycles. The second-order valence-electron chi connectivity index (χ2n) is 4.76. The van der Waals surface area contributed by atoms with Crippen molar-refractivity contribution in [3.63, 3.8) is 0 Å². The molecule has 0 atom stereocenters. The highest BCUT2D eigenvalue weighted by Gasteiger charge is 2.33. The lowest BCUT2D eigenvalue weighted by molar-refractivity contribution is -0.385. The molecule has 1 fully saturated rings. The standard InChI is InChI=1S/C15H14N2O6S2/c1-3-23-13(18)8-16-14(19)12(25-15(16)24)7-9-4-5-11(22-2)10(6-9)17(20)21/h4-7H,3,8H2,1-2H3/b12-7-. The predicted octanol–water partition coefficient (Wildman–Crippen LogP) is 2.37. The molecule has 132 valence electrons. The number of nitro benzene ring substituents is 1. The van der Waals surface area contributed by atoms with Gasteiger partial charge in [0.1, 0.15) is 10.9 Å². The Hall–Kier alpha value is -2.46. The van der Waals surface area contributed by atoms with Crippen molar-refractivity contribution in [2.24, 2.45) is 0 Å². The SMILES string of the molecule is CCOC(=O)CN1C(=O)/C(=C/c2ccc(OC)c([N+](=O)[O-])c2)SC1=S. The lowest BCUT2D eigenvalue weighted by atomic mass is 10.1. The van der Waals surface area contributed by atoms with Crippen LogP contribution < -0.4 is 4.74 Å². The van der Waals surface area contributed by atoms with Crippen molar-refractivity contribution in [2.45, 2.75) is 6.92 Å². The minimum Gasteiger partial charge on any atom is -0.490 e. The van der Waals surface area contributed by atoms with Crippen LogP contribution in [0.25, 0.3) is 6.08 Å². The summed E-state index contributed by atoms with van der Waals surface area (Å²) >= 11 is 6.13. The molecule has 1 aromatic rings. The molecule has 0 aromatic heterocycles. The molecule has 0 aliphatic carbocycles. The average molecular weight is 382 g/mol. The van der Waals surface area contributed by atoms with Gasteiger partial charge in [0, 0.05) is 6.07 Å². The lowest BCUT2D eigenvalue weighted by Gasteiger charge is -2.12. The smallest absolute Gasteiger partial charge is 0.326 e. The average Bonchev–Trinajstić information content (AvgIpc) is 2.82. The van der Waals surface area contributed by atoms with E-state index in [9.17, 15) is 19.7 Å². The summed E-state index contributed by atoms with van der Waals surface area (Å²) in [5, 5.41) is 11.1. The van der Waals surface area contributed by atoms with Crippen LogP contribution in [0.2, 0.25) is 0 Å². The summed E-state index contributed by atoms with van der Waals surface area (Å²) in [6, 6.07) is 4.34. The fourth-order valence-corrected chi connectivity index (χ4v) is 3.32. The molecule has 8 nitrogen and oxygen atoms in total. The van der Waals surface area contributed by atoms with Crippen LogP contribution in [0.4, 0.5) is 5.69 Å². The highest BCUT2D eigenvalue weighted by molar-refractivity contribution is 8.26. The number of carbonyl (C=O) groups is 2. The first-order valence-corrected chi connectivity index (χ1v) is 8.33. The maximum atomic E-state index is 12.4. The van der Waals surface area contributed by atoms with Crippen LogP contribution in [0.3, 0.4) is 0 Å². The molecule has 0 bridgehead atoms. The van der Waals surface area contributed by atoms with Crippen molar-refractivity contribution in [3.8, 4) is 5.75 Å². The Morgan fingerprint density at radius 2 is 2.20 bits per heavy atom. The Labute approximate surface area is 152 Å². The fourth-order valence-electron chi connectivity index (χ4n) is 2.06. The van der Waals surface area contributed by atoms with E-state index in [1.165, 1.54) is 25.3 Å². The Kier molecular flexibility index (Phi) is 6.10. The fraction of sp³-hybridized carbons (Fsp3) is 0.267. The predicted molar refractivity (Wildman–Crippen MR) is 96.2 cm³/mol. The van der Waals surface area contributed by atoms with Gasteiger partial charge in [0.05, 0.1) is 23.5 Å². The van der Waals surface area contributed by atoms with Crippen molar-refractivity contribution in [3.05, 3.63) is 38.8 Å². The monoisotopic (exact) mass is 382 g/mol. The van der Waals surface area contributed by atoms with Gasteiger partial charge in [-0.25, -0.2) is 0 Å². The third-order valence-corrected chi connectivity index (χ3v) is 4.54. The van der Waals surface area contributed by atoms with Crippen molar-refractivity contribution in [1.29, 1.82) is 0 Å². The molecular weight excluding hydrogens is 368 g/mol. The largest absolute Gasteiger partial charge is 0.490 e. The number of rotatable bonds is 6. The molecule has 1 aliphatic rings. The summed E-state index contributed by atoms with van der Waals surface area (Å²) in [4.78, 5) is 35.9. The van der Waals surface area contributed by atoms with E-state index in [1.54, 1.807) is 13.0 Å². The van der Waals surface area contributed by atoms with Crippen LogP contribution in [0.15, 0.2) is 23.1 Å². The Bertz CT molecular complexity index is 777. The second-order valence-corrected chi connectivity index (χ2v) is 6.44. The van der Waals surface area contributed by atoms with Gasteiger partial charge in [-0.15, -0.1) is 0 Å². The molecule has 2 rings (SSSR count). The maximum absolute atomic E-state index is 12.4. The van der Waals surface area contributed by atoms with E-state index in [0.717, 1.165) is 16.7 Å². The Morgan fingerprint density at radius 3 is 2.80 bits per heavy atom. The summed E-state index contributed by atoms with van der Waals surface area (Å²) < 4.78 is 9.98. The van der Waals surface area contributed by atoms with Crippen molar-refractivity contribution in [1.82, 2.24) is 4.90 Å². The van der Waals surface area contributed by atoms with Crippen LogP contribution >= 0.6 is 24.0 Å². The van der Waals surface area contributed by atoms with Gasteiger partial charge < -0.3 is 9.47 Å². The van der Waals surface area contributed by atoms with Gasteiger partial charge >= 0.3 is 11.7 Å². The molecule has 25 heavy (non-hydrogen) atoms. The topological polar surface area (TPSA) is 99.0 Å². The molecule has 10 heteroatoms. The summed E-state index contributed by atoms with van der Waals surface area (Å²) in [5.41, 5.74) is 0.238. The molecule has 0 spiro atoms. The molecule has 1 aromatic carbocycles. The number of thiocarbonyl (C=S) groups is 1. The maximum Gasteiger partial charge on any atom is 0.326 e. The minimum atomic E-state index is -0.567. The highest BCUT2D eigenvalue weighted by Crippen LogP contribution is 2.34. The quantitative estimate of drug-likeness (QED) is 0.243. The summed E-state index contributed by atoms with van der Waals surface area (Å²) in [7, 11) is 1.34. The first kappa shape index (κ1) is 18.9. The summed E-state index contributed by atoms with van der Waals surface area (Å²) in [5.74, 6) is -0.876. The van der Waals surface area contributed by atoms with Crippen LogP contribution in [0.1, 0.15) is 12.5 Å². The molecule has 0 radical (unpaired) electrons. The van der Waals surface area contributed by atoms with E-state index in [0.29, 0.717) is 5.56 Å². The van der Waals surface area contributed by atoms with Gasteiger partial charge in [0.2, 0.25) is 0 Å². The molecular formula is C15H14N2O6S2. The van der Waals surface area contributed by atoms with Gasteiger partial charge in [-0.3, -0.25) is 24.6 Å². The van der Waals surface area contributed by atoms with Gasteiger partial charge in [-0.2, -0.15) is 0 Å². The van der Waals surface area contributed by atoms with E-state index in [1.807, 2.05) is 0 Å². The zero-order valence-corrected chi connectivity index (χ0v) is 15.0. The number of amides is 1. The first-order chi connectivity index (χ1) is 11.9. The van der Waals surface area contributed by atoms with E-state index in [2.05, 4.69) is 0 Å². The molecule has 0 N–H and O–H groups in total. The zero-order valence-electron chi connectivity index (χ0n) is 13.4. The van der Waals surface area contributed by atoms with Crippen LogP contribution in [-0.2, 0) is 14.3 Å². The van der Waals surface area contributed by atoms with Crippen molar-refractivity contribution < 1.29 is 24.0 Å². The highest BCUT2D eigenvalue weighted by atomic mass is 32.2. The first-order valence-electron chi connectivity index (χ1n) is 7.10. The molecule has 0 saturated carbocycles. The number of carbonyl (C=O) groups excluding carboxylic acids is 2. The molecule has 0 unspecified atom stereocenters. The lowest BCUT2D eigenvalue weighted by Crippen LogP contribution is -2.34. The van der Waals surface area contributed by atoms with Gasteiger partial charge in [0.25, 0.3) is 5.91 Å². The van der Waals surface area contributed by atoms with Crippen LogP contribution in [-0.4, -0.2) is 46.3 Å². The van der Waals surface area contributed by atoms with Gasteiger partial charge in [0.15, 0.2) is 5.75 Å². The second kappa shape index (κ2) is 8.08. The molecule has 1 amide bonds. The van der Waals surface area contributed by atoms with Gasteiger partial charge in [-0.1, -0.05) is 30.0 Å². The Morgan fingerprint density at radius 1 is 1.48 bits per heavy atom. The van der Waals surface area contributed by atoms with E-state index in [-0.39, 0.29) is 33.8 Å². The van der Waals surface area contributed by atoms with E-state index < -0.39 is 16.8 Å². The number of methoxy groups -OCH3 is 1. The zero-order chi connectivity index (χ0) is 18.6. The number of benzene rings is 1. The molecule has 1 aliphatic heterocycles. The number of hydrogen-bond acceptors (Lipinski definition) is 8.